The van der Waals surface area contributed by atoms with Gasteiger partial charge in [0.2, 0.25) is 5.91 Å². The molecule has 0 spiro atoms. The molecular weight excluding hydrogens is 658 g/mol. The number of rotatable bonds is 26. The van der Waals surface area contributed by atoms with Gasteiger partial charge in [0.25, 0.3) is 0 Å². The van der Waals surface area contributed by atoms with Crippen molar-refractivity contribution in [3.05, 3.63) is 83.4 Å². The topological polar surface area (TPSA) is 117 Å². The van der Waals surface area contributed by atoms with Crippen molar-refractivity contribution in [2.75, 3.05) is 26.1 Å². The molecule has 0 atom stereocenters. The highest BCUT2D eigenvalue weighted by Gasteiger charge is 2.20. The Balaban J connectivity index is 1.34. The van der Waals surface area contributed by atoms with Gasteiger partial charge in [-0.1, -0.05) is 115 Å². The lowest BCUT2D eigenvalue weighted by Crippen LogP contribution is -2.17. The summed E-state index contributed by atoms with van der Waals surface area (Å²) in [5.74, 6) is -1.24. The zero-order valence-electron chi connectivity index (χ0n) is 31.3. The standard InChI is InChI=1S/C43H57NO8/c1-4-5-6-7-8-9-10-11-12-13-14-15-16-17-18-21-30-51-35-27-24-33(25-28-35)38(45)32-41(46)44-34-26-29-40(37(31-34)43(48)50-3)52-39-23-20-19-22-36(39)42(47)49-2/h19-20,22-29,31H,4-18,21,30,32H2,1-3H3,(H,44,46). The maximum absolute atomic E-state index is 12.8. The number of ketones is 1. The maximum Gasteiger partial charge on any atom is 0.341 e. The monoisotopic (exact) mass is 715 g/mol. The Morgan fingerprint density at radius 2 is 1.10 bits per heavy atom. The van der Waals surface area contributed by atoms with Gasteiger partial charge in [-0.05, 0) is 61.0 Å². The Bertz CT molecular complexity index is 1530. The summed E-state index contributed by atoms with van der Waals surface area (Å²) in [6.07, 6.45) is 20.8. The lowest BCUT2D eigenvalue weighted by atomic mass is 10.0. The summed E-state index contributed by atoms with van der Waals surface area (Å²) in [5.41, 5.74) is 0.853. The van der Waals surface area contributed by atoms with E-state index in [0.717, 1.165) is 12.8 Å². The largest absolute Gasteiger partial charge is 0.494 e. The lowest BCUT2D eigenvalue weighted by Gasteiger charge is -2.14. The molecule has 0 aromatic heterocycles. The third-order valence-electron chi connectivity index (χ3n) is 8.94. The number of carbonyl (C=O) groups is 4. The van der Waals surface area contributed by atoms with E-state index in [9.17, 15) is 19.2 Å². The fraction of sp³-hybridized carbons (Fsp3) is 0.488. The molecule has 9 nitrogen and oxygen atoms in total. The van der Waals surface area contributed by atoms with Crippen molar-refractivity contribution in [3.63, 3.8) is 0 Å². The molecule has 0 heterocycles. The lowest BCUT2D eigenvalue weighted by molar-refractivity contribution is -0.115. The summed E-state index contributed by atoms with van der Waals surface area (Å²) in [6.45, 7) is 2.90. The molecule has 0 saturated carbocycles. The Morgan fingerprint density at radius 1 is 0.577 bits per heavy atom. The number of esters is 2. The molecule has 0 aliphatic rings. The number of ether oxygens (including phenoxy) is 4. The van der Waals surface area contributed by atoms with E-state index in [2.05, 4.69) is 12.2 Å². The minimum atomic E-state index is -0.713. The van der Waals surface area contributed by atoms with E-state index in [-0.39, 0.29) is 34.1 Å². The maximum atomic E-state index is 12.8. The Labute approximate surface area is 309 Å². The highest BCUT2D eigenvalue weighted by Crippen LogP contribution is 2.31. The van der Waals surface area contributed by atoms with E-state index in [1.54, 1.807) is 42.5 Å². The number of carbonyl (C=O) groups excluding carboxylic acids is 4. The third kappa shape index (κ3) is 15.3. The number of para-hydroxylation sites is 1. The predicted molar refractivity (Wildman–Crippen MR) is 205 cm³/mol. The molecule has 1 amide bonds. The Hall–Kier alpha value is -4.66. The van der Waals surface area contributed by atoms with Crippen molar-refractivity contribution < 1.29 is 38.1 Å². The first-order valence-electron chi connectivity index (χ1n) is 19.0. The summed E-state index contributed by atoms with van der Waals surface area (Å²) in [6, 6.07) is 17.6. The second-order valence-electron chi connectivity index (χ2n) is 13.1. The van der Waals surface area contributed by atoms with E-state index < -0.39 is 24.3 Å². The SMILES string of the molecule is CCCCCCCCCCCCCCCCCCOc1ccc(C(=O)CC(=O)Nc2ccc(Oc3ccccc3C(=O)OC)c(C(=O)OC)c2)cc1. The number of benzene rings is 3. The molecule has 3 aromatic carbocycles. The Morgan fingerprint density at radius 3 is 1.67 bits per heavy atom. The second kappa shape index (κ2) is 24.5. The van der Waals surface area contributed by atoms with Crippen molar-refractivity contribution in [3.8, 4) is 17.2 Å². The van der Waals surface area contributed by atoms with Crippen LogP contribution in [0.3, 0.4) is 0 Å². The van der Waals surface area contributed by atoms with E-state index in [1.807, 2.05) is 0 Å². The number of unbranched alkanes of at least 4 members (excludes halogenated alkanes) is 15. The smallest absolute Gasteiger partial charge is 0.341 e. The molecule has 0 aliphatic heterocycles. The van der Waals surface area contributed by atoms with Gasteiger partial charge in [-0.15, -0.1) is 0 Å². The zero-order chi connectivity index (χ0) is 37.4. The number of amides is 1. The molecule has 52 heavy (non-hydrogen) atoms. The van der Waals surface area contributed by atoms with Crippen LogP contribution in [0.25, 0.3) is 0 Å². The molecule has 0 unspecified atom stereocenters. The van der Waals surface area contributed by atoms with Crippen molar-refractivity contribution in [2.24, 2.45) is 0 Å². The summed E-state index contributed by atoms with van der Waals surface area (Å²) in [7, 11) is 2.48. The molecule has 0 fully saturated rings. The molecule has 0 aliphatic carbocycles. The number of methoxy groups -OCH3 is 2. The first kappa shape index (κ1) is 41.8. The van der Waals surface area contributed by atoms with Gasteiger partial charge in [-0.25, -0.2) is 9.59 Å². The van der Waals surface area contributed by atoms with Crippen LogP contribution in [0.1, 0.15) is 147 Å². The van der Waals surface area contributed by atoms with Crippen LogP contribution in [0, 0.1) is 0 Å². The summed E-state index contributed by atoms with van der Waals surface area (Å²) < 4.78 is 21.5. The highest BCUT2D eigenvalue weighted by molar-refractivity contribution is 6.11. The van der Waals surface area contributed by atoms with Crippen LogP contribution in [0.5, 0.6) is 17.2 Å². The molecule has 3 rings (SSSR count). The second-order valence-corrected chi connectivity index (χ2v) is 13.1. The van der Waals surface area contributed by atoms with Gasteiger partial charge < -0.3 is 24.3 Å². The predicted octanol–water partition coefficient (Wildman–Crippen LogP) is 10.9. The first-order valence-corrected chi connectivity index (χ1v) is 19.0. The van der Waals surface area contributed by atoms with Gasteiger partial charge in [-0.3, -0.25) is 9.59 Å². The molecule has 1 N–H and O–H groups in total. The van der Waals surface area contributed by atoms with Crippen LogP contribution < -0.4 is 14.8 Å². The fourth-order valence-corrected chi connectivity index (χ4v) is 5.95. The molecular formula is C43H57NO8. The Kier molecular flexibility index (Phi) is 19.7. The minimum absolute atomic E-state index is 0.0153. The van der Waals surface area contributed by atoms with Gasteiger partial charge in [0.1, 0.15) is 28.4 Å². The van der Waals surface area contributed by atoms with Crippen molar-refractivity contribution in [1.29, 1.82) is 0 Å². The van der Waals surface area contributed by atoms with Gasteiger partial charge in [-0.2, -0.15) is 0 Å². The van der Waals surface area contributed by atoms with Crippen LogP contribution in [0.4, 0.5) is 5.69 Å². The number of nitrogens with one attached hydrogen (secondary N) is 1. The van der Waals surface area contributed by atoms with Gasteiger partial charge in [0, 0.05) is 11.3 Å². The number of Topliss-reactive ketones (excluding diaryl/α,β-unsaturated/α-hetero) is 1. The van der Waals surface area contributed by atoms with Crippen LogP contribution >= 0.6 is 0 Å². The molecule has 0 radical (unpaired) electrons. The quantitative estimate of drug-likeness (QED) is 0.0378. The first-order chi connectivity index (χ1) is 25.4. The molecule has 0 saturated heterocycles. The fourth-order valence-electron chi connectivity index (χ4n) is 5.95. The third-order valence-corrected chi connectivity index (χ3v) is 8.94. The van der Waals surface area contributed by atoms with E-state index >= 15 is 0 Å². The molecule has 9 heteroatoms. The molecule has 0 bridgehead atoms. The van der Waals surface area contributed by atoms with Crippen LogP contribution in [0.2, 0.25) is 0 Å². The summed E-state index contributed by atoms with van der Waals surface area (Å²) >= 11 is 0. The van der Waals surface area contributed by atoms with Crippen molar-refractivity contribution in [2.45, 2.75) is 116 Å². The average Bonchev–Trinajstić information content (AvgIpc) is 3.16. The molecule has 3 aromatic rings. The minimum Gasteiger partial charge on any atom is -0.494 e. The van der Waals surface area contributed by atoms with E-state index in [0.29, 0.717) is 17.9 Å². The highest BCUT2D eigenvalue weighted by atomic mass is 16.5. The summed E-state index contributed by atoms with van der Waals surface area (Å²) in [5, 5.41) is 2.66. The van der Waals surface area contributed by atoms with Gasteiger partial charge in [0.05, 0.1) is 27.2 Å². The van der Waals surface area contributed by atoms with Crippen LogP contribution in [-0.2, 0) is 14.3 Å². The number of hydrogen-bond acceptors (Lipinski definition) is 8. The van der Waals surface area contributed by atoms with Crippen LogP contribution in [0.15, 0.2) is 66.7 Å². The van der Waals surface area contributed by atoms with Crippen molar-refractivity contribution >= 4 is 29.3 Å². The summed E-state index contributed by atoms with van der Waals surface area (Å²) in [4.78, 5) is 50.3. The van der Waals surface area contributed by atoms with Gasteiger partial charge >= 0.3 is 11.9 Å². The number of anilines is 1. The molecule has 282 valence electrons. The normalized spacial score (nSPS) is 10.8. The van der Waals surface area contributed by atoms with Crippen molar-refractivity contribution in [1.82, 2.24) is 0 Å². The number of hydrogen-bond donors (Lipinski definition) is 1. The van der Waals surface area contributed by atoms with Gasteiger partial charge in [0.15, 0.2) is 5.78 Å². The zero-order valence-corrected chi connectivity index (χ0v) is 31.3. The average molecular weight is 716 g/mol. The van der Waals surface area contributed by atoms with E-state index in [1.165, 1.54) is 128 Å². The van der Waals surface area contributed by atoms with E-state index in [4.69, 9.17) is 18.9 Å². The van der Waals surface area contributed by atoms with Crippen LogP contribution in [-0.4, -0.2) is 44.5 Å².